The molecule has 2 atom stereocenters. The van der Waals surface area contributed by atoms with Gasteiger partial charge in [-0.25, -0.2) is 18.3 Å². The number of rotatable bonds is 11. The van der Waals surface area contributed by atoms with Crippen molar-refractivity contribution in [3.63, 3.8) is 0 Å². The number of hydrogen-bond acceptors (Lipinski definition) is 5. The fourth-order valence-electron chi connectivity index (χ4n) is 5.53. The summed E-state index contributed by atoms with van der Waals surface area (Å²) in [6.07, 6.45) is -5.79. The Labute approximate surface area is 251 Å². The number of carbonyl (C=O) groups excluding carboxylic acids is 2. The van der Waals surface area contributed by atoms with Crippen LogP contribution >= 0.6 is 0 Å². The molecule has 0 spiro atoms. The molecule has 9 nitrogen and oxygen atoms in total. The number of hydrogen-bond donors (Lipinski definition) is 2. The summed E-state index contributed by atoms with van der Waals surface area (Å²) in [6.45, 7) is -0.483. The maximum atomic E-state index is 14.0. The predicted octanol–water partition coefficient (Wildman–Crippen LogP) is 6.08. The first-order valence-corrected chi connectivity index (χ1v) is 14.5. The maximum absolute atomic E-state index is 14.0. The molecule has 0 aliphatic heterocycles. The smallest absolute Gasteiger partial charge is 0.349 e. The summed E-state index contributed by atoms with van der Waals surface area (Å²) in [4.78, 5) is 30.1. The van der Waals surface area contributed by atoms with Gasteiger partial charge in [0.1, 0.15) is 0 Å². The molecule has 5 rings (SSSR count). The Morgan fingerprint density at radius 3 is 2.20 bits per heavy atom. The second-order valence-electron chi connectivity index (χ2n) is 11.8. The maximum Gasteiger partial charge on any atom is 0.390 e. The number of fused-ring (bicyclic) bond motifs is 1. The average Bonchev–Trinajstić information content (AvgIpc) is 3.52. The molecular weight excluding hydrogens is 618 g/mol. The minimum atomic E-state index is -4.47. The molecule has 0 unspecified atom stereocenters. The van der Waals surface area contributed by atoms with Gasteiger partial charge in [-0.1, -0.05) is 0 Å². The Hall–Kier alpha value is -3.79. The molecule has 0 bridgehead atoms. The molecule has 0 aromatic carbocycles. The normalized spacial score (nSPS) is 18.9. The van der Waals surface area contributed by atoms with Crippen molar-refractivity contribution in [3.8, 4) is 0 Å². The van der Waals surface area contributed by atoms with Gasteiger partial charge in [-0.3, -0.25) is 14.3 Å². The molecule has 2 aliphatic rings. The lowest BCUT2D eigenvalue weighted by Gasteiger charge is -2.33. The van der Waals surface area contributed by atoms with Gasteiger partial charge in [0.2, 0.25) is 11.8 Å². The monoisotopic (exact) mass is 649 g/mol. The zero-order valence-corrected chi connectivity index (χ0v) is 23.8. The van der Waals surface area contributed by atoms with Crippen molar-refractivity contribution < 1.29 is 44.7 Å². The summed E-state index contributed by atoms with van der Waals surface area (Å²) in [6, 6.07) is 0.203. The van der Waals surface area contributed by atoms with Gasteiger partial charge in [0, 0.05) is 32.0 Å². The van der Waals surface area contributed by atoms with Crippen LogP contribution in [-0.2, 0) is 11.3 Å². The van der Waals surface area contributed by atoms with E-state index in [-0.39, 0.29) is 24.3 Å². The Kier molecular flexibility index (Phi) is 9.08. The van der Waals surface area contributed by atoms with Gasteiger partial charge in [-0.05, 0) is 49.1 Å². The average molecular weight is 650 g/mol. The minimum Gasteiger partial charge on any atom is -0.349 e. The summed E-state index contributed by atoms with van der Waals surface area (Å²) in [5.41, 5.74) is 1.13. The third kappa shape index (κ3) is 8.90. The van der Waals surface area contributed by atoms with E-state index in [0.29, 0.717) is 16.9 Å². The van der Waals surface area contributed by atoms with Crippen LogP contribution in [0.2, 0.25) is 0 Å². The first-order valence-electron chi connectivity index (χ1n) is 14.5. The lowest BCUT2D eigenvalue weighted by Crippen LogP contribution is -2.37. The van der Waals surface area contributed by atoms with E-state index in [4.69, 9.17) is 0 Å². The Balaban J connectivity index is 1.36. The molecule has 3 heterocycles. The summed E-state index contributed by atoms with van der Waals surface area (Å²) in [5.74, 6) is -4.68. The van der Waals surface area contributed by atoms with Crippen LogP contribution in [0.3, 0.4) is 0 Å². The third-order valence-corrected chi connectivity index (χ3v) is 8.12. The summed E-state index contributed by atoms with van der Waals surface area (Å²) in [7, 11) is 0. The highest BCUT2D eigenvalue weighted by Crippen LogP contribution is 2.43. The van der Waals surface area contributed by atoms with E-state index >= 15 is 0 Å². The molecule has 17 heteroatoms. The molecule has 0 saturated heterocycles. The van der Waals surface area contributed by atoms with E-state index in [9.17, 15) is 44.7 Å². The van der Waals surface area contributed by atoms with E-state index in [2.05, 4.69) is 25.8 Å². The molecule has 2 fully saturated rings. The van der Waals surface area contributed by atoms with Gasteiger partial charge in [-0.2, -0.15) is 36.5 Å². The van der Waals surface area contributed by atoms with Crippen LogP contribution in [-0.4, -0.2) is 54.5 Å². The van der Waals surface area contributed by atoms with Crippen LogP contribution in [0.15, 0.2) is 30.9 Å². The highest BCUT2D eigenvalue weighted by Gasteiger charge is 2.40. The predicted molar refractivity (Wildman–Crippen MR) is 142 cm³/mol. The number of nitrogens with zero attached hydrogens (tertiary/aromatic N) is 5. The molecule has 2 aliphatic carbocycles. The Bertz CT molecular complexity index is 1500. The van der Waals surface area contributed by atoms with Crippen molar-refractivity contribution in [2.75, 3.05) is 0 Å². The number of aromatic nitrogens is 5. The zero-order valence-electron chi connectivity index (χ0n) is 23.8. The number of imidazole rings is 1. The third-order valence-electron chi connectivity index (χ3n) is 8.12. The van der Waals surface area contributed by atoms with Crippen LogP contribution in [0.5, 0.6) is 0 Å². The fourth-order valence-corrected chi connectivity index (χ4v) is 5.53. The summed E-state index contributed by atoms with van der Waals surface area (Å²) >= 11 is 0. The topological polar surface area (TPSA) is 106 Å². The second-order valence-corrected chi connectivity index (χ2v) is 11.8. The number of aryl methyl sites for hydroxylation is 1. The van der Waals surface area contributed by atoms with Gasteiger partial charge in [0.15, 0.2) is 5.65 Å². The van der Waals surface area contributed by atoms with Crippen molar-refractivity contribution in [1.82, 2.24) is 35.0 Å². The van der Waals surface area contributed by atoms with Gasteiger partial charge < -0.3 is 10.6 Å². The van der Waals surface area contributed by atoms with Crippen LogP contribution < -0.4 is 10.6 Å². The molecule has 246 valence electrons. The number of carbonyl (C=O) groups is 2. The van der Waals surface area contributed by atoms with Crippen molar-refractivity contribution >= 4 is 17.5 Å². The van der Waals surface area contributed by atoms with Crippen molar-refractivity contribution in [2.45, 2.75) is 94.7 Å². The van der Waals surface area contributed by atoms with Gasteiger partial charge >= 0.3 is 12.4 Å². The molecule has 2 saturated carbocycles. The van der Waals surface area contributed by atoms with E-state index < -0.39 is 86.7 Å². The highest BCUT2D eigenvalue weighted by atomic mass is 19.4. The SMILES string of the molecule is O=C(CCC(F)(F)F)N[C@@H](c1cnn2cc([C@@H](NC(=O)c3cnn(CCC(F)(F)F)c3)C3CCC(F)(F)CC3)nc2c1)C1CC1. The number of nitrogens with one attached hydrogen (secondary N) is 2. The largest absolute Gasteiger partial charge is 0.390 e. The first kappa shape index (κ1) is 32.6. The van der Waals surface area contributed by atoms with Crippen molar-refractivity contribution in [2.24, 2.45) is 11.8 Å². The molecule has 45 heavy (non-hydrogen) atoms. The van der Waals surface area contributed by atoms with E-state index in [0.717, 1.165) is 23.7 Å². The van der Waals surface area contributed by atoms with Crippen LogP contribution in [0, 0.1) is 11.8 Å². The number of halogens is 8. The van der Waals surface area contributed by atoms with Crippen molar-refractivity contribution in [3.05, 3.63) is 47.7 Å². The fraction of sp³-hybridized carbons (Fsp3) is 0.607. The van der Waals surface area contributed by atoms with Gasteiger partial charge in [-0.15, -0.1) is 0 Å². The van der Waals surface area contributed by atoms with E-state index in [1.807, 2.05) is 0 Å². The Morgan fingerprint density at radius 2 is 1.56 bits per heavy atom. The number of alkyl halides is 8. The molecule has 3 aromatic heterocycles. The molecule has 0 radical (unpaired) electrons. The lowest BCUT2D eigenvalue weighted by molar-refractivity contribution is -0.144. The minimum absolute atomic E-state index is 0.0129. The van der Waals surface area contributed by atoms with E-state index in [1.165, 1.54) is 23.1 Å². The van der Waals surface area contributed by atoms with Gasteiger partial charge in [0.05, 0.1) is 54.8 Å². The summed E-state index contributed by atoms with van der Waals surface area (Å²) in [5, 5.41) is 13.6. The molecule has 2 N–H and O–H groups in total. The second kappa shape index (κ2) is 12.5. The lowest BCUT2D eigenvalue weighted by atomic mass is 9.81. The Morgan fingerprint density at radius 1 is 0.889 bits per heavy atom. The van der Waals surface area contributed by atoms with Gasteiger partial charge in [0.25, 0.3) is 5.91 Å². The molecular formula is C28H31F8N7O2. The van der Waals surface area contributed by atoms with Crippen LogP contribution in [0.25, 0.3) is 5.65 Å². The zero-order chi connectivity index (χ0) is 32.6. The summed E-state index contributed by atoms with van der Waals surface area (Å²) < 4.78 is 106. The first-order chi connectivity index (χ1) is 21.1. The number of amides is 2. The highest BCUT2D eigenvalue weighted by molar-refractivity contribution is 5.94. The van der Waals surface area contributed by atoms with E-state index in [1.54, 1.807) is 6.07 Å². The van der Waals surface area contributed by atoms with Crippen LogP contribution in [0.4, 0.5) is 35.1 Å². The molecule has 2 amide bonds. The molecule has 3 aromatic rings. The van der Waals surface area contributed by atoms with Crippen LogP contribution in [0.1, 0.15) is 91.5 Å². The standard InChI is InChI=1S/C28H31F8N7O2/c29-26(30)6-3-17(4-7-26)24(41-25(45)19-13-37-42(14-19)10-9-28(34,35)36)20-15-43-21(39-20)11-18(12-38-43)23(16-1-2-16)40-22(44)5-8-27(31,32)33/h11-17,23-24H,1-10H2,(H,40,44)(H,41,45)/t23-,24+/m1/s1. The van der Waals surface area contributed by atoms with Crippen molar-refractivity contribution in [1.29, 1.82) is 0 Å². The quantitative estimate of drug-likeness (QED) is 0.245.